The van der Waals surface area contributed by atoms with Crippen molar-refractivity contribution in [2.24, 2.45) is 0 Å². The molecule has 1 aromatic heterocycles. The molecule has 1 fully saturated rings. The van der Waals surface area contributed by atoms with Gasteiger partial charge in [-0.15, -0.1) is 0 Å². The minimum atomic E-state index is -5.03. The fourth-order valence-corrected chi connectivity index (χ4v) is 3.55. The Labute approximate surface area is 148 Å². The SMILES string of the molecule is C[N+](C)(C)CC1(OC(=O)C(F)(F)F)CC1c1c[nH]c2ccc(C#N)cc12. The van der Waals surface area contributed by atoms with Gasteiger partial charge in [0.1, 0.15) is 6.54 Å². The number of nitrogens with one attached hydrogen (secondary N) is 1. The van der Waals surface area contributed by atoms with Gasteiger partial charge in [0.2, 0.25) is 0 Å². The normalized spacial score (nSPS) is 22.9. The van der Waals surface area contributed by atoms with Gasteiger partial charge in [-0.05, 0) is 23.8 Å². The van der Waals surface area contributed by atoms with Crippen molar-refractivity contribution < 1.29 is 27.2 Å². The molecule has 1 saturated carbocycles. The second kappa shape index (κ2) is 5.74. The summed E-state index contributed by atoms with van der Waals surface area (Å²) in [7, 11) is 5.50. The third-order valence-corrected chi connectivity index (χ3v) is 4.51. The number of aromatic amines is 1. The standard InChI is InChI=1S/C18H19F3N3O2/c1-24(2,3)10-17(26-16(25)18(19,20)21)7-14(17)13-9-23-15-5-4-11(8-22)6-12(13)15/h4-6,9,14,23H,7,10H2,1-3H3/q+1. The van der Waals surface area contributed by atoms with E-state index in [1.807, 2.05) is 21.1 Å². The van der Waals surface area contributed by atoms with Crippen LogP contribution in [0, 0.1) is 11.3 Å². The van der Waals surface area contributed by atoms with Crippen molar-refractivity contribution in [1.82, 2.24) is 4.98 Å². The summed E-state index contributed by atoms with van der Waals surface area (Å²) in [5.74, 6) is -2.51. The van der Waals surface area contributed by atoms with E-state index in [0.717, 1.165) is 16.5 Å². The summed E-state index contributed by atoms with van der Waals surface area (Å²) in [6.45, 7) is 0.254. The van der Waals surface area contributed by atoms with Crippen molar-refractivity contribution in [2.75, 3.05) is 27.7 Å². The number of H-pyrrole nitrogens is 1. The second-order valence-corrected chi connectivity index (χ2v) is 7.77. The van der Waals surface area contributed by atoms with Crippen molar-refractivity contribution in [3.8, 4) is 6.07 Å². The fourth-order valence-electron chi connectivity index (χ4n) is 3.55. The molecule has 138 valence electrons. The van der Waals surface area contributed by atoms with E-state index in [2.05, 4.69) is 11.1 Å². The molecule has 2 unspecified atom stereocenters. The Hall–Kier alpha value is -2.53. The number of nitrogens with zero attached hydrogens (tertiary/aromatic N) is 2. The first-order valence-electron chi connectivity index (χ1n) is 8.07. The summed E-state index contributed by atoms with van der Waals surface area (Å²) < 4.78 is 43.5. The van der Waals surface area contributed by atoms with Crippen LogP contribution < -0.4 is 0 Å². The molecule has 26 heavy (non-hydrogen) atoms. The molecule has 1 aromatic carbocycles. The molecule has 1 N–H and O–H groups in total. The first kappa shape index (κ1) is 18.3. The summed E-state index contributed by atoms with van der Waals surface area (Å²) >= 11 is 0. The van der Waals surface area contributed by atoms with E-state index >= 15 is 0 Å². The molecule has 0 bridgehead atoms. The van der Waals surface area contributed by atoms with Crippen molar-refractivity contribution in [3.63, 3.8) is 0 Å². The van der Waals surface area contributed by atoms with E-state index in [1.165, 1.54) is 0 Å². The Morgan fingerprint density at radius 2 is 2.12 bits per heavy atom. The number of ether oxygens (including phenoxy) is 1. The number of fused-ring (bicyclic) bond motifs is 1. The number of benzene rings is 1. The molecule has 0 saturated heterocycles. The zero-order valence-corrected chi connectivity index (χ0v) is 14.6. The zero-order chi connectivity index (χ0) is 19.3. The minimum absolute atomic E-state index is 0.254. The molecule has 1 aliphatic carbocycles. The van der Waals surface area contributed by atoms with Crippen LogP contribution in [0.2, 0.25) is 0 Å². The first-order chi connectivity index (χ1) is 12.0. The number of likely N-dealkylation sites (N-methyl/N-ethyl adjacent to an activating group) is 1. The molecule has 0 amide bonds. The van der Waals surface area contributed by atoms with Gasteiger partial charge in [0.25, 0.3) is 0 Å². The van der Waals surface area contributed by atoms with Gasteiger partial charge in [0.05, 0.1) is 32.8 Å². The van der Waals surface area contributed by atoms with Crippen LogP contribution >= 0.6 is 0 Å². The molecule has 0 radical (unpaired) electrons. The van der Waals surface area contributed by atoms with Gasteiger partial charge in [-0.3, -0.25) is 0 Å². The molecule has 8 heteroatoms. The number of aromatic nitrogens is 1. The number of hydrogen-bond acceptors (Lipinski definition) is 3. The highest BCUT2D eigenvalue weighted by molar-refractivity contribution is 5.86. The predicted octanol–water partition coefficient (Wildman–Crippen LogP) is 3.08. The Kier molecular flexibility index (Phi) is 4.03. The van der Waals surface area contributed by atoms with Crippen LogP contribution in [0.15, 0.2) is 24.4 Å². The number of halogens is 3. The number of carbonyl (C=O) groups excluding carboxylic acids is 1. The molecule has 2 aromatic rings. The Balaban J connectivity index is 1.97. The van der Waals surface area contributed by atoms with Crippen molar-refractivity contribution >= 4 is 16.9 Å². The maximum Gasteiger partial charge on any atom is 0.490 e. The van der Waals surface area contributed by atoms with E-state index in [1.54, 1.807) is 24.4 Å². The molecule has 0 spiro atoms. The van der Waals surface area contributed by atoms with Gasteiger partial charge in [0.15, 0.2) is 5.60 Å². The lowest BCUT2D eigenvalue weighted by atomic mass is 10.0. The molecule has 0 aliphatic heterocycles. The Morgan fingerprint density at radius 1 is 1.42 bits per heavy atom. The topological polar surface area (TPSA) is 65.9 Å². The van der Waals surface area contributed by atoms with E-state index < -0.39 is 17.7 Å². The van der Waals surface area contributed by atoms with Gasteiger partial charge >= 0.3 is 12.1 Å². The van der Waals surface area contributed by atoms with E-state index in [-0.39, 0.29) is 12.5 Å². The molecule has 3 rings (SSSR count). The highest BCUT2D eigenvalue weighted by Gasteiger charge is 2.64. The number of carbonyl (C=O) groups is 1. The third kappa shape index (κ3) is 3.40. The second-order valence-electron chi connectivity index (χ2n) is 7.77. The van der Waals surface area contributed by atoms with E-state index in [9.17, 15) is 18.0 Å². The largest absolute Gasteiger partial charge is 0.490 e. The Bertz CT molecular complexity index is 905. The summed E-state index contributed by atoms with van der Waals surface area (Å²) in [6.07, 6.45) is -3.00. The van der Waals surface area contributed by atoms with Crippen molar-refractivity contribution in [3.05, 3.63) is 35.5 Å². The summed E-state index contributed by atoms with van der Waals surface area (Å²) in [5, 5.41) is 9.85. The van der Waals surface area contributed by atoms with Crippen LogP contribution in [0.1, 0.15) is 23.5 Å². The lowest BCUT2D eigenvalue weighted by Gasteiger charge is -2.30. The van der Waals surface area contributed by atoms with Gasteiger partial charge in [-0.2, -0.15) is 18.4 Å². The van der Waals surface area contributed by atoms with Crippen LogP contribution in [-0.4, -0.2) is 54.9 Å². The highest BCUT2D eigenvalue weighted by atomic mass is 19.4. The van der Waals surface area contributed by atoms with E-state index in [0.29, 0.717) is 16.5 Å². The number of alkyl halides is 3. The number of hydrogen-bond donors (Lipinski definition) is 1. The average Bonchev–Trinajstić information content (AvgIpc) is 3.02. The lowest BCUT2D eigenvalue weighted by Crippen LogP contribution is -2.46. The predicted molar refractivity (Wildman–Crippen MR) is 88.1 cm³/mol. The number of esters is 1. The van der Waals surface area contributed by atoms with Crippen LogP contribution in [0.3, 0.4) is 0 Å². The monoisotopic (exact) mass is 366 g/mol. The quantitative estimate of drug-likeness (QED) is 0.668. The van der Waals surface area contributed by atoms with Crippen LogP contribution in [-0.2, 0) is 9.53 Å². The van der Waals surface area contributed by atoms with Crippen LogP contribution in [0.4, 0.5) is 13.2 Å². The molecule has 1 aliphatic rings. The van der Waals surface area contributed by atoms with Crippen LogP contribution in [0.25, 0.3) is 10.9 Å². The van der Waals surface area contributed by atoms with Crippen molar-refractivity contribution in [1.29, 1.82) is 5.26 Å². The minimum Gasteiger partial charge on any atom is -0.446 e. The van der Waals surface area contributed by atoms with Gasteiger partial charge in [0, 0.05) is 29.4 Å². The molecule has 2 atom stereocenters. The van der Waals surface area contributed by atoms with Crippen molar-refractivity contribution in [2.45, 2.75) is 24.1 Å². The highest BCUT2D eigenvalue weighted by Crippen LogP contribution is 2.57. The number of rotatable bonds is 4. The van der Waals surface area contributed by atoms with E-state index in [4.69, 9.17) is 10.00 Å². The maximum atomic E-state index is 12.7. The molecular formula is C18H19F3N3O2+. The third-order valence-electron chi connectivity index (χ3n) is 4.51. The molecular weight excluding hydrogens is 347 g/mol. The summed E-state index contributed by atoms with van der Waals surface area (Å²) in [4.78, 5) is 14.5. The number of nitriles is 1. The van der Waals surface area contributed by atoms with Gasteiger partial charge < -0.3 is 14.2 Å². The maximum absolute atomic E-state index is 12.7. The molecule has 5 nitrogen and oxygen atoms in total. The average molecular weight is 366 g/mol. The first-order valence-corrected chi connectivity index (χ1v) is 8.07. The van der Waals surface area contributed by atoms with Gasteiger partial charge in [-0.1, -0.05) is 0 Å². The zero-order valence-electron chi connectivity index (χ0n) is 14.6. The van der Waals surface area contributed by atoms with Gasteiger partial charge in [-0.25, -0.2) is 4.79 Å². The number of quaternary nitrogens is 1. The Morgan fingerprint density at radius 3 is 2.69 bits per heavy atom. The van der Waals surface area contributed by atoms with Crippen LogP contribution in [0.5, 0.6) is 0 Å². The molecule has 1 heterocycles. The smallest absolute Gasteiger partial charge is 0.446 e. The fraction of sp³-hybridized carbons (Fsp3) is 0.444. The summed E-state index contributed by atoms with van der Waals surface area (Å²) in [5.41, 5.74) is 0.805. The lowest BCUT2D eigenvalue weighted by molar-refractivity contribution is -0.874. The summed E-state index contributed by atoms with van der Waals surface area (Å²) in [6, 6.07) is 7.17.